The third-order valence-electron chi connectivity index (χ3n) is 7.09. The van der Waals surface area contributed by atoms with Gasteiger partial charge in [0.1, 0.15) is 6.33 Å². The molecule has 5 rings (SSSR count). The average Bonchev–Trinajstić information content (AvgIpc) is 3.48. The SMILES string of the molecule is CC(C)c1c(-c2cc(OO)n3ncnc3c2)[nH]c2ccc(C3CCN(CC(=O)N(C)C)CC3)cc12. The number of aromatic amines is 1. The summed E-state index contributed by atoms with van der Waals surface area (Å²) in [5.74, 6) is 1.12. The second-order valence-corrected chi connectivity index (χ2v) is 9.92. The fraction of sp³-hybridized carbons (Fsp3) is 0.423. The number of hydrogen-bond acceptors (Lipinski definition) is 6. The van der Waals surface area contributed by atoms with Gasteiger partial charge >= 0.3 is 0 Å². The zero-order valence-electron chi connectivity index (χ0n) is 20.7. The molecule has 184 valence electrons. The first-order chi connectivity index (χ1) is 16.9. The van der Waals surface area contributed by atoms with Crippen LogP contribution < -0.4 is 4.89 Å². The molecule has 0 aliphatic carbocycles. The Balaban J connectivity index is 1.47. The van der Waals surface area contributed by atoms with Crippen molar-refractivity contribution >= 4 is 22.5 Å². The van der Waals surface area contributed by atoms with Crippen LogP contribution in [0.25, 0.3) is 27.8 Å². The Kier molecular flexibility index (Phi) is 6.21. The Morgan fingerprint density at radius 1 is 1.23 bits per heavy atom. The second-order valence-electron chi connectivity index (χ2n) is 9.92. The molecule has 0 unspecified atom stereocenters. The van der Waals surface area contributed by atoms with Gasteiger partial charge in [-0.05, 0) is 67.1 Å². The first-order valence-corrected chi connectivity index (χ1v) is 12.1. The van der Waals surface area contributed by atoms with E-state index in [0.717, 1.165) is 42.7 Å². The number of rotatable bonds is 6. The van der Waals surface area contributed by atoms with Crippen molar-refractivity contribution in [2.45, 2.75) is 38.5 Å². The van der Waals surface area contributed by atoms with Crippen molar-refractivity contribution in [3.63, 3.8) is 0 Å². The highest BCUT2D eigenvalue weighted by molar-refractivity contribution is 5.92. The molecule has 1 fully saturated rings. The number of benzene rings is 1. The Bertz CT molecular complexity index is 1360. The van der Waals surface area contributed by atoms with Gasteiger partial charge in [-0.3, -0.25) is 9.69 Å². The van der Waals surface area contributed by atoms with E-state index >= 15 is 0 Å². The third-order valence-corrected chi connectivity index (χ3v) is 7.09. The van der Waals surface area contributed by atoms with Gasteiger partial charge in [-0.1, -0.05) is 19.9 Å². The van der Waals surface area contributed by atoms with Crippen molar-refractivity contribution in [3.05, 3.63) is 47.8 Å². The van der Waals surface area contributed by atoms with Crippen LogP contribution in [0.2, 0.25) is 0 Å². The minimum absolute atomic E-state index is 0.158. The molecule has 0 bridgehead atoms. The van der Waals surface area contributed by atoms with Crippen LogP contribution in [0, 0.1) is 0 Å². The molecule has 1 aromatic carbocycles. The highest BCUT2D eigenvalue weighted by atomic mass is 17.1. The number of aromatic nitrogens is 4. The van der Waals surface area contributed by atoms with E-state index in [-0.39, 0.29) is 17.7 Å². The molecule has 9 nitrogen and oxygen atoms in total. The van der Waals surface area contributed by atoms with Gasteiger partial charge in [0, 0.05) is 36.6 Å². The third kappa shape index (κ3) is 4.37. The number of hydrogen-bond donors (Lipinski definition) is 2. The highest BCUT2D eigenvalue weighted by Gasteiger charge is 2.24. The summed E-state index contributed by atoms with van der Waals surface area (Å²) in [5, 5.41) is 14.7. The normalized spacial score (nSPS) is 15.4. The lowest BCUT2D eigenvalue weighted by Crippen LogP contribution is -2.40. The fourth-order valence-corrected chi connectivity index (χ4v) is 5.17. The summed E-state index contributed by atoms with van der Waals surface area (Å²) in [6.07, 6.45) is 3.52. The Morgan fingerprint density at radius 3 is 2.69 bits per heavy atom. The summed E-state index contributed by atoms with van der Waals surface area (Å²) in [4.78, 5) is 28.4. The van der Waals surface area contributed by atoms with E-state index in [1.54, 1.807) is 11.0 Å². The number of nitrogens with one attached hydrogen (secondary N) is 1. The second kappa shape index (κ2) is 9.31. The standard InChI is InChI=1S/C26H32N6O3/c1-16(2)25-20-11-18(17-7-9-31(10-8-17)14-23(33)30(3)4)5-6-21(20)29-26(25)19-12-22-27-15-28-32(22)24(13-19)35-34/h5-6,11-13,15-17,29,34H,7-10,14H2,1-4H3. The van der Waals surface area contributed by atoms with E-state index < -0.39 is 0 Å². The smallest absolute Gasteiger partial charge is 0.259 e. The Morgan fingerprint density at radius 2 is 2.00 bits per heavy atom. The van der Waals surface area contributed by atoms with Crippen LogP contribution in [-0.2, 0) is 4.79 Å². The van der Waals surface area contributed by atoms with Crippen molar-refractivity contribution in [1.29, 1.82) is 0 Å². The molecule has 0 radical (unpaired) electrons. The van der Waals surface area contributed by atoms with Crippen LogP contribution in [0.15, 0.2) is 36.7 Å². The number of carbonyl (C=O) groups excluding carboxylic acids is 1. The van der Waals surface area contributed by atoms with Gasteiger partial charge < -0.3 is 14.8 Å². The summed E-state index contributed by atoms with van der Waals surface area (Å²) >= 11 is 0. The van der Waals surface area contributed by atoms with Gasteiger partial charge in [-0.25, -0.2) is 10.2 Å². The van der Waals surface area contributed by atoms with Gasteiger partial charge in [-0.15, -0.1) is 0 Å². The molecule has 0 spiro atoms. The minimum Gasteiger partial charge on any atom is -0.354 e. The summed E-state index contributed by atoms with van der Waals surface area (Å²) < 4.78 is 1.46. The maximum atomic E-state index is 12.1. The van der Waals surface area contributed by atoms with Crippen molar-refractivity contribution in [2.75, 3.05) is 33.7 Å². The predicted octanol–water partition coefficient (Wildman–Crippen LogP) is 4.12. The summed E-state index contributed by atoms with van der Waals surface area (Å²) in [6.45, 7) is 6.74. The van der Waals surface area contributed by atoms with Gasteiger partial charge in [0.2, 0.25) is 5.91 Å². The zero-order chi connectivity index (χ0) is 24.7. The number of carbonyl (C=O) groups is 1. The van der Waals surface area contributed by atoms with E-state index in [1.807, 2.05) is 20.2 Å². The molecule has 35 heavy (non-hydrogen) atoms. The molecule has 1 amide bonds. The lowest BCUT2D eigenvalue weighted by atomic mass is 9.87. The predicted molar refractivity (Wildman–Crippen MR) is 135 cm³/mol. The molecule has 1 aliphatic heterocycles. The number of likely N-dealkylation sites (tertiary alicyclic amines) is 1. The van der Waals surface area contributed by atoms with E-state index in [9.17, 15) is 10.1 Å². The van der Waals surface area contributed by atoms with E-state index in [0.29, 0.717) is 18.1 Å². The monoisotopic (exact) mass is 476 g/mol. The lowest BCUT2D eigenvalue weighted by Gasteiger charge is -2.32. The van der Waals surface area contributed by atoms with E-state index in [1.165, 1.54) is 27.4 Å². The maximum absolute atomic E-state index is 12.1. The number of amides is 1. The molecule has 3 aromatic heterocycles. The van der Waals surface area contributed by atoms with Gasteiger partial charge in [0.05, 0.1) is 12.2 Å². The van der Waals surface area contributed by atoms with Crippen molar-refractivity contribution in [2.24, 2.45) is 0 Å². The molecule has 1 saturated heterocycles. The van der Waals surface area contributed by atoms with E-state index in [2.05, 4.69) is 56.9 Å². The Hall–Kier alpha value is -3.43. The summed E-state index contributed by atoms with van der Waals surface area (Å²) in [7, 11) is 3.62. The average molecular weight is 477 g/mol. The molecule has 1 aliphatic rings. The largest absolute Gasteiger partial charge is 0.354 e. The molecular formula is C26H32N6O3. The number of pyridine rings is 1. The molecule has 9 heteroatoms. The summed E-state index contributed by atoms with van der Waals surface area (Å²) in [5.41, 5.74) is 6.12. The van der Waals surface area contributed by atoms with Crippen LogP contribution in [0.3, 0.4) is 0 Å². The minimum atomic E-state index is 0.158. The highest BCUT2D eigenvalue weighted by Crippen LogP contribution is 2.39. The topological polar surface area (TPSA) is 99.0 Å². The maximum Gasteiger partial charge on any atom is 0.259 e. The van der Waals surface area contributed by atoms with Gasteiger partial charge in [-0.2, -0.15) is 9.61 Å². The number of fused-ring (bicyclic) bond motifs is 2. The van der Waals surface area contributed by atoms with Crippen LogP contribution in [0.5, 0.6) is 5.88 Å². The van der Waals surface area contributed by atoms with E-state index in [4.69, 9.17) is 0 Å². The Labute approximate surface area is 204 Å². The molecule has 0 saturated carbocycles. The zero-order valence-corrected chi connectivity index (χ0v) is 20.7. The first kappa shape index (κ1) is 23.3. The van der Waals surface area contributed by atoms with Crippen LogP contribution >= 0.6 is 0 Å². The van der Waals surface area contributed by atoms with Crippen LogP contribution in [0.1, 0.15) is 49.7 Å². The van der Waals surface area contributed by atoms with Gasteiger partial charge in [0.25, 0.3) is 5.88 Å². The first-order valence-electron chi connectivity index (χ1n) is 12.1. The fourth-order valence-electron chi connectivity index (χ4n) is 5.17. The summed E-state index contributed by atoms with van der Waals surface area (Å²) in [6, 6.07) is 10.4. The van der Waals surface area contributed by atoms with Crippen molar-refractivity contribution in [3.8, 4) is 17.1 Å². The molecule has 4 heterocycles. The van der Waals surface area contributed by atoms with Crippen molar-refractivity contribution < 1.29 is 14.9 Å². The van der Waals surface area contributed by atoms with Crippen LogP contribution in [-0.4, -0.2) is 74.3 Å². The number of H-pyrrole nitrogens is 1. The number of likely N-dealkylation sites (N-methyl/N-ethyl adjacent to an activating group) is 1. The number of nitrogens with zero attached hydrogens (tertiary/aromatic N) is 5. The van der Waals surface area contributed by atoms with Crippen LogP contribution in [0.4, 0.5) is 0 Å². The van der Waals surface area contributed by atoms with Crippen molar-refractivity contribution in [1.82, 2.24) is 29.4 Å². The quantitative estimate of drug-likeness (QED) is 0.321. The molecule has 0 atom stereocenters. The van der Waals surface area contributed by atoms with Gasteiger partial charge in [0.15, 0.2) is 5.65 Å². The molecule has 4 aromatic rings. The number of piperidine rings is 1. The molecule has 2 N–H and O–H groups in total. The molecular weight excluding hydrogens is 444 g/mol. The lowest BCUT2D eigenvalue weighted by molar-refractivity contribution is -0.143.